The van der Waals surface area contributed by atoms with E-state index in [1.807, 2.05) is 34.6 Å². The van der Waals surface area contributed by atoms with Crippen molar-refractivity contribution in [1.29, 1.82) is 0 Å². The van der Waals surface area contributed by atoms with E-state index in [1.54, 1.807) is 32.9 Å². The second kappa shape index (κ2) is 11.9. The Morgan fingerprint density at radius 3 is 2.12 bits per heavy atom. The van der Waals surface area contributed by atoms with Gasteiger partial charge in [0.15, 0.2) is 0 Å². The first kappa shape index (κ1) is 29.0. The monoisotopic (exact) mass is 475 g/mol. The maximum atomic E-state index is 13.9. The van der Waals surface area contributed by atoms with Crippen molar-refractivity contribution < 1.29 is 24.2 Å². The highest BCUT2D eigenvalue weighted by Crippen LogP contribution is 2.26. The maximum Gasteiger partial charge on any atom is 0.408 e. The molecular formula is C26H41N3O5. The lowest BCUT2D eigenvalue weighted by atomic mass is 9.95. The molecule has 0 fully saturated rings. The molecule has 0 heterocycles. The molecule has 3 N–H and O–H groups in total. The zero-order valence-electron chi connectivity index (χ0n) is 21.8. The van der Waals surface area contributed by atoms with Crippen LogP contribution in [0.15, 0.2) is 36.9 Å². The summed E-state index contributed by atoms with van der Waals surface area (Å²) in [6.45, 7) is 18.4. The lowest BCUT2D eigenvalue weighted by molar-refractivity contribution is -0.143. The Kier molecular flexibility index (Phi) is 10.2. The summed E-state index contributed by atoms with van der Waals surface area (Å²) in [6.07, 6.45) is 1.45. The molecule has 0 aromatic heterocycles. The Morgan fingerprint density at radius 1 is 1.12 bits per heavy atom. The van der Waals surface area contributed by atoms with E-state index >= 15 is 0 Å². The maximum absolute atomic E-state index is 13.9. The number of ether oxygens (including phenoxy) is 1. The molecule has 0 aliphatic heterocycles. The zero-order valence-corrected chi connectivity index (χ0v) is 21.8. The summed E-state index contributed by atoms with van der Waals surface area (Å²) >= 11 is 0. The minimum Gasteiger partial charge on any atom is -0.508 e. The standard InChI is InChI=1S/C26H41N3O5/c1-10-16-29(23(32)20(17(3)11-2)27-24(33)34-26(7,8)9)21(22(31)28-25(4,5)6)18-12-14-19(30)15-13-18/h10,12-15,17,20-21,30H,1,11,16H2,2-9H3,(H,27,33)(H,28,31). The summed E-state index contributed by atoms with van der Waals surface area (Å²) < 4.78 is 5.38. The van der Waals surface area contributed by atoms with Crippen LogP contribution in [-0.4, -0.2) is 51.6 Å². The predicted molar refractivity (Wildman–Crippen MR) is 133 cm³/mol. The van der Waals surface area contributed by atoms with Crippen LogP contribution in [0.5, 0.6) is 5.75 Å². The number of benzene rings is 1. The first-order chi connectivity index (χ1) is 15.6. The number of hydrogen-bond donors (Lipinski definition) is 3. The minimum absolute atomic E-state index is 0.0457. The zero-order chi connectivity index (χ0) is 26.3. The second-order valence-corrected chi connectivity index (χ2v) is 10.5. The largest absolute Gasteiger partial charge is 0.508 e. The van der Waals surface area contributed by atoms with Crippen molar-refractivity contribution in [3.8, 4) is 5.75 Å². The van der Waals surface area contributed by atoms with Crippen LogP contribution in [0.3, 0.4) is 0 Å². The van der Waals surface area contributed by atoms with E-state index in [0.29, 0.717) is 12.0 Å². The minimum atomic E-state index is -1.00. The summed E-state index contributed by atoms with van der Waals surface area (Å²) in [5, 5.41) is 15.4. The van der Waals surface area contributed by atoms with Crippen LogP contribution in [0.4, 0.5) is 4.79 Å². The molecule has 0 aliphatic rings. The van der Waals surface area contributed by atoms with Gasteiger partial charge >= 0.3 is 6.09 Å². The topological polar surface area (TPSA) is 108 Å². The molecule has 34 heavy (non-hydrogen) atoms. The van der Waals surface area contributed by atoms with Gasteiger partial charge in [0.2, 0.25) is 11.8 Å². The molecule has 1 aromatic rings. The third-order valence-corrected chi connectivity index (χ3v) is 5.03. The number of amides is 3. The third-order valence-electron chi connectivity index (χ3n) is 5.03. The Bertz CT molecular complexity index is 853. The van der Waals surface area contributed by atoms with Crippen LogP contribution in [-0.2, 0) is 14.3 Å². The van der Waals surface area contributed by atoms with E-state index in [9.17, 15) is 19.5 Å². The first-order valence-electron chi connectivity index (χ1n) is 11.6. The molecule has 3 atom stereocenters. The molecule has 3 amide bonds. The van der Waals surface area contributed by atoms with Crippen LogP contribution in [0.25, 0.3) is 0 Å². The summed E-state index contributed by atoms with van der Waals surface area (Å²) in [7, 11) is 0. The average molecular weight is 476 g/mol. The van der Waals surface area contributed by atoms with Gasteiger partial charge in [0.1, 0.15) is 23.4 Å². The Balaban J connectivity index is 3.48. The molecule has 190 valence electrons. The Hall–Kier alpha value is -3.03. The molecule has 8 nitrogen and oxygen atoms in total. The SMILES string of the molecule is C=CCN(C(=O)C(NC(=O)OC(C)(C)C)C(C)CC)C(C(=O)NC(C)(C)C)c1ccc(O)cc1. The van der Waals surface area contributed by atoms with E-state index in [-0.39, 0.29) is 24.1 Å². The second-order valence-electron chi connectivity index (χ2n) is 10.5. The summed E-state index contributed by atoms with van der Waals surface area (Å²) in [5.74, 6) is -0.987. The van der Waals surface area contributed by atoms with Crippen molar-refractivity contribution in [1.82, 2.24) is 15.5 Å². The van der Waals surface area contributed by atoms with Crippen molar-refractivity contribution in [2.75, 3.05) is 6.54 Å². The lowest BCUT2D eigenvalue weighted by Crippen LogP contribution is -2.56. The van der Waals surface area contributed by atoms with Gasteiger partial charge in [-0.15, -0.1) is 6.58 Å². The number of rotatable bonds is 9. The molecule has 8 heteroatoms. The van der Waals surface area contributed by atoms with E-state index in [4.69, 9.17) is 4.74 Å². The van der Waals surface area contributed by atoms with Crippen molar-refractivity contribution >= 4 is 17.9 Å². The highest BCUT2D eigenvalue weighted by Gasteiger charge is 2.38. The van der Waals surface area contributed by atoms with Crippen LogP contribution in [0.1, 0.15) is 73.4 Å². The van der Waals surface area contributed by atoms with Crippen molar-refractivity contribution in [2.45, 2.75) is 85.0 Å². The summed E-state index contributed by atoms with van der Waals surface area (Å²) in [6, 6.07) is 4.22. The quantitative estimate of drug-likeness (QED) is 0.462. The Morgan fingerprint density at radius 2 is 1.68 bits per heavy atom. The third kappa shape index (κ3) is 9.08. The summed E-state index contributed by atoms with van der Waals surface area (Å²) in [5.41, 5.74) is -0.746. The number of hydrogen-bond acceptors (Lipinski definition) is 5. The van der Waals surface area contributed by atoms with E-state index in [2.05, 4.69) is 17.2 Å². The molecule has 0 radical (unpaired) electrons. The highest BCUT2D eigenvalue weighted by molar-refractivity contribution is 5.92. The van der Waals surface area contributed by atoms with E-state index < -0.39 is 35.2 Å². The van der Waals surface area contributed by atoms with Gasteiger partial charge in [-0.1, -0.05) is 38.5 Å². The van der Waals surface area contributed by atoms with Crippen LogP contribution in [0, 0.1) is 5.92 Å². The number of nitrogens with zero attached hydrogens (tertiary/aromatic N) is 1. The van der Waals surface area contributed by atoms with Crippen molar-refractivity contribution in [2.24, 2.45) is 5.92 Å². The molecule has 0 bridgehead atoms. The first-order valence-corrected chi connectivity index (χ1v) is 11.6. The normalized spacial score (nSPS) is 14.4. The lowest BCUT2D eigenvalue weighted by Gasteiger charge is -2.36. The molecule has 0 saturated carbocycles. The van der Waals surface area contributed by atoms with Crippen LogP contribution < -0.4 is 10.6 Å². The van der Waals surface area contributed by atoms with Gasteiger partial charge in [-0.3, -0.25) is 9.59 Å². The van der Waals surface area contributed by atoms with Gasteiger partial charge in [0, 0.05) is 12.1 Å². The molecular weight excluding hydrogens is 434 g/mol. The highest BCUT2D eigenvalue weighted by atomic mass is 16.6. The van der Waals surface area contributed by atoms with Gasteiger partial charge in [-0.2, -0.15) is 0 Å². The number of nitrogens with one attached hydrogen (secondary N) is 2. The van der Waals surface area contributed by atoms with E-state index in [1.165, 1.54) is 23.1 Å². The molecule has 0 saturated heterocycles. The van der Waals surface area contributed by atoms with E-state index in [0.717, 1.165) is 0 Å². The molecule has 1 rings (SSSR count). The van der Waals surface area contributed by atoms with Gasteiger partial charge in [-0.25, -0.2) is 4.79 Å². The Labute approximate surface area is 203 Å². The smallest absolute Gasteiger partial charge is 0.408 e. The summed E-state index contributed by atoms with van der Waals surface area (Å²) in [4.78, 5) is 41.2. The van der Waals surface area contributed by atoms with Gasteiger partial charge < -0.3 is 25.4 Å². The molecule has 1 aromatic carbocycles. The number of phenols is 1. The molecule has 3 unspecified atom stereocenters. The van der Waals surface area contributed by atoms with Crippen molar-refractivity contribution in [3.63, 3.8) is 0 Å². The van der Waals surface area contributed by atoms with Gasteiger partial charge in [0.25, 0.3) is 0 Å². The molecule has 0 aliphatic carbocycles. The molecule has 0 spiro atoms. The number of carbonyl (C=O) groups excluding carboxylic acids is 3. The fourth-order valence-electron chi connectivity index (χ4n) is 3.33. The number of carbonyl (C=O) groups is 3. The number of aromatic hydroxyl groups is 1. The van der Waals surface area contributed by atoms with Gasteiger partial charge in [-0.05, 0) is 65.2 Å². The van der Waals surface area contributed by atoms with Gasteiger partial charge in [0.05, 0.1) is 0 Å². The predicted octanol–water partition coefficient (Wildman–Crippen LogP) is 4.30. The number of alkyl carbamates (subject to hydrolysis) is 1. The fourth-order valence-corrected chi connectivity index (χ4v) is 3.33. The average Bonchev–Trinajstić information content (AvgIpc) is 2.69. The van der Waals surface area contributed by atoms with Crippen molar-refractivity contribution in [3.05, 3.63) is 42.5 Å². The van der Waals surface area contributed by atoms with Crippen LogP contribution >= 0.6 is 0 Å². The number of phenolic OH excluding ortho intramolecular Hbond substituents is 1. The van der Waals surface area contributed by atoms with Crippen LogP contribution in [0.2, 0.25) is 0 Å². The fraction of sp³-hybridized carbons (Fsp3) is 0.577.